The molecule has 1 fully saturated rings. The SMILES string of the molecule is O=C(I)CCN1C(F)(F)C(F)(F)OC(F)(F)C1(F)F. The van der Waals surface area contributed by atoms with Crippen molar-refractivity contribution in [1.82, 2.24) is 4.90 Å². The largest absolute Gasteiger partial charge is 0.439 e. The Hall–Kier alpha value is -0.240. The molecule has 1 aliphatic heterocycles. The molecule has 1 saturated heterocycles. The fraction of sp³-hybridized carbons (Fsp3) is 0.857. The molecule has 112 valence electrons. The van der Waals surface area contributed by atoms with E-state index in [9.17, 15) is 39.9 Å². The highest BCUT2D eigenvalue weighted by molar-refractivity contribution is 14.1. The van der Waals surface area contributed by atoms with E-state index in [1.54, 1.807) is 0 Å². The summed E-state index contributed by atoms with van der Waals surface area (Å²) in [7, 11) is 0. The monoisotopic (exact) mass is 413 g/mol. The smallest absolute Gasteiger partial charge is 0.288 e. The summed E-state index contributed by atoms with van der Waals surface area (Å²) in [5, 5.41) is 0. The number of hydrogen-bond donors (Lipinski definition) is 0. The van der Waals surface area contributed by atoms with Crippen LogP contribution < -0.4 is 0 Å². The number of rotatable bonds is 3. The van der Waals surface area contributed by atoms with Gasteiger partial charge in [0.05, 0.1) is 0 Å². The third-order valence-electron chi connectivity index (χ3n) is 2.17. The molecule has 3 nitrogen and oxygen atoms in total. The highest BCUT2D eigenvalue weighted by Crippen LogP contribution is 2.55. The molecule has 0 aromatic rings. The van der Waals surface area contributed by atoms with E-state index in [-0.39, 0.29) is 0 Å². The first kappa shape index (κ1) is 16.8. The summed E-state index contributed by atoms with van der Waals surface area (Å²) < 4.78 is 104. The molecule has 0 bridgehead atoms. The van der Waals surface area contributed by atoms with Crippen molar-refractivity contribution in [2.75, 3.05) is 6.54 Å². The Balaban J connectivity index is 3.21. The van der Waals surface area contributed by atoms with Crippen molar-refractivity contribution < 1.29 is 44.7 Å². The van der Waals surface area contributed by atoms with Crippen molar-refractivity contribution in [1.29, 1.82) is 0 Å². The van der Waals surface area contributed by atoms with Gasteiger partial charge in [0.15, 0.2) is 3.79 Å². The molecule has 12 heteroatoms. The lowest BCUT2D eigenvalue weighted by molar-refractivity contribution is -0.562. The van der Waals surface area contributed by atoms with Crippen LogP contribution >= 0.6 is 22.6 Å². The van der Waals surface area contributed by atoms with Gasteiger partial charge in [-0.25, -0.2) is 4.74 Å². The average molecular weight is 413 g/mol. The van der Waals surface area contributed by atoms with Gasteiger partial charge in [0, 0.05) is 13.0 Å². The zero-order valence-corrected chi connectivity index (χ0v) is 10.7. The lowest BCUT2D eigenvalue weighted by atomic mass is 10.2. The Labute approximate surface area is 114 Å². The van der Waals surface area contributed by atoms with E-state index in [0.29, 0.717) is 0 Å². The molecule has 1 heterocycles. The van der Waals surface area contributed by atoms with Gasteiger partial charge >= 0.3 is 24.3 Å². The number of alkyl halides is 8. The van der Waals surface area contributed by atoms with Gasteiger partial charge < -0.3 is 0 Å². The Morgan fingerprint density at radius 1 is 0.947 bits per heavy atom. The fourth-order valence-electron chi connectivity index (χ4n) is 1.25. The normalized spacial score (nSPS) is 28.1. The standard InChI is InChI=1S/C7H4F8INO2/c8-4(9)6(12,13)19-7(14,15)5(10,11)17(4)2-1-3(16)18/h1-2H2. The fourth-order valence-corrected chi connectivity index (χ4v) is 1.50. The predicted octanol–water partition coefficient (Wildman–Crippen LogP) is 3.04. The summed E-state index contributed by atoms with van der Waals surface area (Å²) in [6, 6.07) is -11.4. The van der Waals surface area contributed by atoms with Gasteiger partial charge in [-0.2, -0.15) is 40.0 Å². The van der Waals surface area contributed by atoms with Gasteiger partial charge in [0.1, 0.15) is 0 Å². The lowest BCUT2D eigenvalue weighted by Gasteiger charge is -2.47. The topological polar surface area (TPSA) is 29.5 Å². The summed E-state index contributed by atoms with van der Waals surface area (Å²) in [5.74, 6) is 0. The second-order valence-electron chi connectivity index (χ2n) is 3.47. The van der Waals surface area contributed by atoms with Crippen LogP contribution in [-0.2, 0) is 9.53 Å². The van der Waals surface area contributed by atoms with Crippen LogP contribution in [0.25, 0.3) is 0 Å². The molecule has 1 aliphatic rings. The molecule has 19 heavy (non-hydrogen) atoms. The number of carbonyl (C=O) groups excluding carboxylic acids is 1. The molecule has 0 amide bonds. The maximum absolute atomic E-state index is 13.1. The molecule has 0 unspecified atom stereocenters. The molecule has 0 aliphatic carbocycles. The summed E-state index contributed by atoms with van der Waals surface area (Å²) in [6.07, 6.45) is -12.7. The van der Waals surface area contributed by atoms with Crippen LogP contribution in [0.5, 0.6) is 0 Å². The van der Waals surface area contributed by atoms with Gasteiger partial charge in [-0.3, -0.25) is 4.79 Å². The first-order chi connectivity index (χ1) is 8.26. The minimum absolute atomic E-state index is 0.942. The minimum Gasteiger partial charge on any atom is -0.288 e. The Kier molecular flexibility index (Phi) is 4.11. The van der Waals surface area contributed by atoms with E-state index in [2.05, 4.69) is 4.74 Å². The van der Waals surface area contributed by atoms with Gasteiger partial charge in [0.2, 0.25) is 0 Å². The van der Waals surface area contributed by atoms with Crippen molar-refractivity contribution >= 4 is 26.4 Å². The van der Waals surface area contributed by atoms with E-state index in [1.807, 2.05) is 0 Å². The zero-order valence-electron chi connectivity index (χ0n) is 8.58. The van der Waals surface area contributed by atoms with Crippen molar-refractivity contribution in [3.63, 3.8) is 0 Å². The Morgan fingerprint density at radius 3 is 1.63 bits per heavy atom. The molecule has 1 rings (SSSR count). The molecule has 0 aromatic heterocycles. The van der Waals surface area contributed by atoms with Gasteiger partial charge in [-0.15, -0.1) is 0 Å². The highest BCUT2D eigenvalue weighted by atomic mass is 127. The molecule has 0 atom stereocenters. The third-order valence-corrected chi connectivity index (χ3v) is 2.71. The molecular formula is C7H4F8INO2. The molecule has 0 radical (unpaired) electrons. The second-order valence-corrected chi connectivity index (χ2v) is 4.68. The molecule has 0 saturated carbocycles. The minimum atomic E-state index is -5.83. The van der Waals surface area contributed by atoms with Crippen molar-refractivity contribution in [3.05, 3.63) is 0 Å². The number of ether oxygens (including phenoxy) is 1. The molecule has 0 N–H and O–H groups in total. The van der Waals surface area contributed by atoms with Crippen LogP contribution in [0.15, 0.2) is 0 Å². The van der Waals surface area contributed by atoms with Crippen LogP contribution in [0.2, 0.25) is 0 Å². The van der Waals surface area contributed by atoms with E-state index < -0.39 is 46.0 Å². The van der Waals surface area contributed by atoms with E-state index in [0.717, 1.165) is 22.6 Å². The highest BCUT2D eigenvalue weighted by Gasteiger charge is 2.82. The molecule has 0 spiro atoms. The van der Waals surface area contributed by atoms with Crippen LogP contribution in [-0.4, -0.2) is 39.5 Å². The second kappa shape index (κ2) is 4.65. The maximum atomic E-state index is 13.1. The van der Waals surface area contributed by atoms with E-state index in [1.165, 1.54) is 0 Å². The Morgan fingerprint density at radius 2 is 1.32 bits per heavy atom. The van der Waals surface area contributed by atoms with E-state index >= 15 is 0 Å². The molecule has 0 aromatic carbocycles. The number of nitrogens with zero attached hydrogens (tertiary/aromatic N) is 1. The number of carbonyl (C=O) groups is 1. The first-order valence-corrected chi connectivity index (χ1v) is 5.51. The van der Waals surface area contributed by atoms with Crippen molar-refractivity contribution in [2.24, 2.45) is 0 Å². The average Bonchev–Trinajstić information content (AvgIpc) is 2.12. The van der Waals surface area contributed by atoms with E-state index in [4.69, 9.17) is 0 Å². The summed E-state index contributed by atoms with van der Waals surface area (Å²) in [5.41, 5.74) is 0. The van der Waals surface area contributed by atoms with Crippen LogP contribution in [0.1, 0.15) is 6.42 Å². The third kappa shape index (κ3) is 2.66. The summed E-state index contributed by atoms with van der Waals surface area (Å²) >= 11 is 1.02. The number of halogens is 9. The summed E-state index contributed by atoms with van der Waals surface area (Å²) in [6.45, 7) is -1.68. The van der Waals surface area contributed by atoms with Gasteiger partial charge in [-0.05, 0) is 22.6 Å². The number of hydrogen-bond acceptors (Lipinski definition) is 3. The maximum Gasteiger partial charge on any atom is 0.439 e. The van der Waals surface area contributed by atoms with Crippen LogP contribution in [0, 0.1) is 0 Å². The Bertz CT molecular complexity index is 361. The summed E-state index contributed by atoms with van der Waals surface area (Å²) in [4.78, 5) is 8.77. The molecular weight excluding hydrogens is 409 g/mol. The van der Waals surface area contributed by atoms with Crippen LogP contribution in [0.3, 0.4) is 0 Å². The van der Waals surface area contributed by atoms with Crippen molar-refractivity contribution in [2.45, 2.75) is 30.7 Å². The first-order valence-electron chi connectivity index (χ1n) is 4.43. The van der Waals surface area contributed by atoms with Crippen molar-refractivity contribution in [3.8, 4) is 0 Å². The van der Waals surface area contributed by atoms with Gasteiger partial charge in [0.25, 0.3) is 0 Å². The lowest BCUT2D eigenvalue weighted by Crippen LogP contribution is -2.74. The quantitative estimate of drug-likeness (QED) is 0.309. The predicted molar refractivity (Wildman–Crippen MR) is 51.2 cm³/mol. The zero-order chi connectivity index (χ0) is 15.3. The van der Waals surface area contributed by atoms with Crippen LogP contribution in [0.4, 0.5) is 35.1 Å². The number of morpholine rings is 1. The van der Waals surface area contributed by atoms with Gasteiger partial charge in [-0.1, -0.05) is 0 Å².